The van der Waals surface area contributed by atoms with Gasteiger partial charge in [0.25, 0.3) is 11.6 Å². The van der Waals surface area contributed by atoms with Gasteiger partial charge in [-0.25, -0.2) is 9.59 Å². The molecule has 1 N–H and O–H groups in total. The molecule has 0 radical (unpaired) electrons. The summed E-state index contributed by atoms with van der Waals surface area (Å²) < 4.78 is 15.3. The van der Waals surface area contributed by atoms with Crippen molar-refractivity contribution in [3.63, 3.8) is 0 Å². The number of ether oxygens (including phenoxy) is 2. The lowest BCUT2D eigenvalue weighted by atomic mass is 10.1. The third kappa shape index (κ3) is 5.13. The van der Waals surface area contributed by atoms with Crippen LogP contribution in [-0.4, -0.2) is 36.0 Å². The smallest absolute Gasteiger partial charge is 0.341 e. The van der Waals surface area contributed by atoms with Gasteiger partial charge in [-0.2, -0.15) is 0 Å². The van der Waals surface area contributed by atoms with E-state index in [1.807, 2.05) is 0 Å². The number of hydrogen-bond donors (Lipinski definition) is 1. The highest BCUT2D eigenvalue weighted by Gasteiger charge is 2.24. The van der Waals surface area contributed by atoms with Crippen molar-refractivity contribution in [2.24, 2.45) is 0 Å². The lowest BCUT2D eigenvalue weighted by Crippen LogP contribution is -2.22. The van der Waals surface area contributed by atoms with E-state index in [0.717, 1.165) is 29.5 Å². The third-order valence-corrected chi connectivity index (χ3v) is 5.24. The Morgan fingerprint density at radius 2 is 2.00 bits per heavy atom. The minimum absolute atomic E-state index is 0.116. The van der Waals surface area contributed by atoms with E-state index in [4.69, 9.17) is 25.5 Å². The number of benzene rings is 1. The normalized spacial score (nSPS) is 10.4. The van der Waals surface area contributed by atoms with E-state index in [1.165, 1.54) is 6.26 Å². The average molecular weight is 479 g/mol. The molecule has 0 saturated heterocycles. The maximum Gasteiger partial charge on any atom is 0.341 e. The first-order chi connectivity index (χ1) is 15.3. The molecule has 0 fully saturated rings. The second kappa shape index (κ2) is 10.1. The number of carbonyl (C=O) groups is 3. The lowest BCUT2D eigenvalue weighted by Gasteiger charge is -2.09. The van der Waals surface area contributed by atoms with Crippen LogP contribution in [0.5, 0.6) is 0 Å². The Labute approximate surface area is 189 Å². The quantitative estimate of drug-likeness (QED) is 0.283. The molecule has 3 rings (SSSR count). The van der Waals surface area contributed by atoms with Gasteiger partial charge in [0.1, 0.15) is 16.3 Å². The van der Waals surface area contributed by atoms with Crippen LogP contribution in [0.4, 0.5) is 10.7 Å². The summed E-state index contributed by atoms with van der Waals surface area (Å²) in [6.45, 7) is 1.10. The van der Waals surface area contributed by atoms with E-state index in [-0.39, 0.29) is 33.4 Å². The number of carbonyl (C=O) groups excluding carboxylic acids is 3. The molecule has 1 aromatic carbocycles. The van der Waals surface area contributed by atoms with Crippen molar-refractivity contribution in [1.29, 1.82) is 0 Å². The maximum atomic E-state index is 12.4. The Hall–Kier alpha value is -3.70. The zero-order valence-electron chi connectivity index (χ0n) is 16.5. The summed E-state index contributed by atoms with van der Waals surface area (Å²) in [4.78, 5) is 47.0. The van der Waals surface area contributed by atoms with Crippen molar-refractivity contribution in [1.82, 2.24) is 0 Å². The van der Waals surface area contributed by atoms with E-state index in [2.05, 4.69) is 5.32 Å². The van der Waals surface area contributed by atoms with Gasteiger partial charge in [-0.3, -0.25) is 14.9 Å². The molecule has 0 aliphatic rings. The van der Waals surface area contributed by atoms with Gasteiger partial charge in [-0.1, -0.05) is 11.6 Å². The molecular formula is C20H15ClN2O8S. The molecule has 3 aromatic rings. The number of nitro benzene ring substituents is 1. The van der Waals surface area contributed by atoms with Crippen LogP contribution >= 0.6 is 22.9 Å². The molecule has 12 heteroatoms. The van der Waals surface area contributed by atoms with Crippen LogP contribution < -0.4 is 5.32 Å². The number of non-ortho nitro benzene ring substituents is 1. The van der Waals surface area contributed by atoms with Crippen LogP contribution in [0, 0.1) is 10.1 Å². The number of nitrogens with zero attached hydrogens (tertiary/aromatic N) is 1. The fraction of sp³-hybridized carbons (Fsp3) is 0.150. The number of nitro groups is 1. The van der Waals surface area contributed by atoms with Crippen LogP contribution in [0.15, 0.2) is 46.4 Å². The number of nitrogens with one attached hydrogen (secondary N) is 1. The largest absolute Gasteiger partial charge is 0.464 e. The van der Waals surface area contributed by atoms with Crippen molar-refractivity contribution in [2.75, 3.05) is 18.5 Å². The Bertz CT molecular complexity index is 1170. The van der Waals surface area contributed by atoms with Gasteiger partial charge < -0.3 is 19.2 Å². The lowest BCUT2D eigenvalue weighted by molar-refractivity contribution is -0.384. The molecule has 166 valence electrons. The predicted molar refractivity (Wildman–Crippen MR) is 115 cm³/mol. The Morgan fingerprint density at radius 3 is 2.62 bits per heavy atom. The number of amides is 1. The first-order valence-electron chi connectivity index (χ1n) is 9.05. The summed E-state index contributed by atoms with van der Waals surface area (Å²) in [6, 6.07) is 6.55. The number of hydrogen-bond acceptors (Lipinski definition) is 9. The standard InChI is InChI=1S/C20H15ClN2O8S/c1-2-29-20(26)17-13(15-4-3-7-30-15)10-32-18(17)22-16(24)9-31-19(25)12-6-5-11(23(27)28)8-14(12)21/h3-8,10H,2,9H2,1H3,(H,22,24). The predicted octanol–water partition coefficient (Wildman–Crippen LogP) is 4.54. The number of anilines is 1. The summed E-state index contributed by atoms with van der Waals surface area (Å²) in [5.74, 6) is -1.88. The third-order valence-electron chi connectivity index (χ3n) is 4.03. The number of rotatable bonds is 8. The summed E-state index contributed by atoms with van der Waals surface area (Å²) >= 11 is 6.96. The van der Waals surface area contributed by atoms with Gasteiger partial charge in [-0.05, 0) is 25.1 Å². The van der Waals surface area contributed by atoms with Crippen molar-refractivity contribution in [2.45, 2.75) is 6.92 Å². The van der Waals surface area contributed by atoms with Crippen molar-refractivity contribution in [3.8, 4) is 11.3 Å². The van der Waals surface area contributed by atoms with E-state index in [9.17, 15) is 24.5 Å². The Morgan fingerprint density at radius 1 is 1.22 bits per heavy atom. The number of thiophene rings is 1. The van der Waals surface area contributed by atoms with Crippen LogP contribution in [0.3, 0.4) is 0 Å². The summed E-state index contributed by atoms with van der Waals surface area (Å²) in [7, 11) is 0. The van der Waals surface area contributed by atoms with Gasteiger partial charge in [-0.15, -0.1) is 11.3 Å². The molecule has 0 unspecified atom stereocenters. The number of esters is 2. The van der Waals surface area contributed by atoms with Crippen LogP contribution in [0.1, 0.15) is 27.6 Å². The molecule has 0 aliphatic carbocycles. The summed E-state index contributed by atoms with van der Waals surface area (Å²) in [5.41, 5.74) is 0.141. The molecule has 2 aromatic heterocycles. The van der Waals surface area contributed by atoms with Gasteiger partial charge in [0, 0.05) is 23.1 Å². The second-order valence-corrected chi connectivity index (χ2v) is 7.38. The van der Waals surface area contributed by atoms with Gasteiger partial charge in [0.05, 0.1) is 28.4 Å². The molecule has 0 aliphatic heterocycles. The second-order valence-electron chi connectivity index (χ2n) is 6.10. The summed E-state index contributed by atoms with van der Waals surface area (Å²) in [5, 5.41) is 14.9. The topological polar surface area (TPSA) is 138 Å². The number of halogens is 1. The van der Waals surface area contributed by atoms with E-state index in [1.54, 1.807) is 24.4 Å². The van der Waals surface area contributed by atoms with E-state index in [0.29, 0.717) is 11.3 Å². The molecule has 0 saturated carbocycles. The van der Waals surface area contributed by atoms with Gasteiger partial charge >= 0.3 is 11.9 Å². The molecule has 2 heterocycles. The molecule has 0 bridgehead atoms. The molecule has 10 nitrogen and oxygen atoms in total. The molecule has 0 atom stereocenters. The highest BCUT2D eigenvalue weighted by atomic mass is 35.5. The first-order valence-corrected chi connectivity index (χ1v) is 10.3. The van der Waals surface area contributed by atoms with Crippen LogP contribution in [0.2, 0.25) is 5.02 Å². The fourth-order valence-electron chi connectivity index (χ4n) is 2.62. The monoisotopic (exact) mass is 478 g/mol. The van der Waals surface area contributed by atoms with Gasteiger partial charge in [0.15, 0.2) is 6.61 Å². The Kier molecular flexibility index (Phi) is 7.23. The fourth-order valence-corrected chi connectivity index (χ4v) is 3.83. The highest BCUT2D eigenvalue weighted by Crippen LogP contribution is 2.36. The minimum Gasteiger partial charge on any atom is -0.464 e. The van der Waals surface area contributed by atoms with Crippen molar-refractivity contribution in [3.05, 3.63) is 68.2 Å². The minimum atomic E-state index is -0.937. The van der Waals surface area contributed by atoms with Crippen molar-refractivity contribution < 1.29 is 33.2 Å². The Balaban J connectivity index is 1.70. The van der Waals surface area contributed by atoms with Crippen LogP contribution in [-0.2, 0) is 14.3 Å². The SMILES string of the molecule is CCOC(=O)c1c(-c2ccco2)csc1NC(=O)COC(=O)c1ccc([N+](=O)[O-])cc1Cl. The zero-order chi connectivity index (χ0) is 23.3. The highest BCUT2D eigenvalue weighted by molar-refractivity contribution is 7.15. The van der Waals surface area contributed by atoms with E-state index >= 15 is 0 Å². The average Bonchev–Trinajstić information content (AvgIpc) is 3.41. The summed E-state index contributed by atoms with van der Waals surface area (Å²) in [6.07, 6.45) is 1.45. The van der Waals surface area contributed by atoms with Gasteiger partial charge in [0.2, 0.25) is 0 Å². The molecule has 32 heavy (non-hydrogen) atoms. The maximum absolute atomic E-state index is 12.4. The molecular weight excluding hydrogens is 464 g/mol. The van der Waals surface area contributed by atoms with Crippen LogP contribution in [0.25, 0.3) is 11.3 Å². The van der Waals surface area contributed by atoms with E-state index < -0.39 is 29.4 Å². The molecule has 1 amide bonds. The van der Waals surface area contributed by atoms with Crippen molar-refractivity contribution >= 4 is 51.5 Å². The zero-order valence-corrected chi connectivity index (χ0v) is 18.0. The first kappa shape index (κ1) is 23.0. The molecule has 0 spiro atoms. The number of furan rings is 1.